The number of aryl methyl sites for hydroxylation is 1. The molecular weight excluding hydrogens is 214 g/mol. The average molecular weight is 226 g/mol. The molecule has 0 radical (unpaired) electrons. The zero-order chi connectivity index (χ0) is 12.0. The summed E-state index contributed by atoms with van der Waals surface area (Å²) in [6.07, 6.45) is 0.109. The van der Waals surface area contributed by atoms with Crippen LogP contribution in [0.25, 0.3) is 0 Å². The lowest BCUT2D eigenvalue weighted by atomic mass is 9.93. The Bertz CT molecular complexity index is 442. The highest BCUT2D eigenvalue weighted by molar-refractivity contribution is 5.87. The van der Waals surface area contributed by atoms with Gasteiger partial charge < -0.3 is 5.11 Å². The van der Waals surface area contributed by atoms with Crippen LogP contribution in [0, 0.1) is 0 Å². The Balaban J connectivity index is 2.47. The monoisotopic (exact) mass is 226 g/mol. The number of hydrogen-bond acceptors (Lipinski definition) is 1. The second-order valence-electron chi connectivity index (χ2n) is 4.15. The fourth-order valence-electron chi connectivity index (χ4n) is 2.01. The standard InChI is InChI=1S/C12H12F2O2/c1-2-8-4-3-5-9(6-8)11(10(15)16)7-12(11,13)14/h3-6H,2,7H2,1H3,(H,15,16). The first-order valence-electron chi connectivity index (χ1n) is 5.14. The van der Waals surface area contributed by atoms with E-state index < -0.39 is 23.7 Å². The van der Waals surface area contributed by atoms with Crippen LogP contribution in [0.1, 0.15) is 24.5 Å². The highest BCUT2D eigenvalue weighted by atomic mass is 19.3. The van der Waals surface area contributed by atoms with Gasteiger partial charge in [-0.2, -0.15) is 0 Å². The molecule has 1 atom stereocenters. The molecule has 1 aliphatic carbocycles. The summed E-state index contributed by atoms with van der Waals surface area (Å²) in [6, 6.07) is 6.47. The van der Waals surface area contributed by atoms with Gasteiger partial charge in [0.25, 0.3) is 5.92 Å². The van der Waals surface area contributed by atoms with E-state index in [-0.39, 0.29) is 5.56 Å². The van der Waals surface area contributed by atoms with Crippen LogP contribution in [0.15, 0.2) is 24.3 Å². The van der Waals surface area contributed by atoms with Gasteiger partial charge >= 0.3 is 5.97 Å². The van der Waals surface area contributed by atoms with Gasteiger partial charge in [-0.05, 0) is 17.5 Å². The van der Waals surface area contributed by atoms with Crippen molar-refractivity contribution in [2.24, 2.45) is 0 Å². The molecule has 86 valence electrons. The van der Waals surface area contributed by atoms with Gasteiger partial charge in [0.1, 0.15) is 0 Å². The number of hydrogen-bond donors (Lipinski definition) is 1. The van der Waals surface area contributed by atoms with Crippen molar-refractivity contribution in [1.29, 1.82) is 0 Å². The van der Waals surface area contributed by atoms with Crippen molar-refractivity contribution in [2.45, 2.75) is 31.1 Å². The Morgan fingerprint density at radius 1 is 1.50 bits per heavy atom. The van der Waals surface area contributed by atoms with E-state index in [1.54, 1.807) is 18.2 Å². The highest BCUT2D eigenvalue weighted by Gasteiger charge is 2.77. The lowest BCUT2D eigenvalue weighted by molar-refractivity contribution is -0.142. The maximum absolute atomic E-state index is 13.2. The van der Waals surface area contributed by atoms with Crippen LogP contribution >= 0.6 is 0 Å². The minimum Gasteiger partial charge on any atom is -0.480 e. The van der Waals surface area contributed by atoms with E-state index in [4.69, 9.17) is 5.11 Å². The molecule has 1 fully saturated rings. The summed E-state index contributed by atoms with van der Waals surface area (Å²) in [7, 11) is 0. The molecule has 2 nitrogen and oxygen atoms in total. The van der Waals surface area contributed by atoms with Crippen LogP contribution in [0.2, 0.25) is 0 Å². The van der Waals surface area contributed by atoms with Gasteiger partial charge in [0.15, 0.2) is 5.41 Å². The van der Waals surface area contributed by atoms with Gasteiger partial charge in [-0.25, -0.2) is 8.78 Å². The number of carbonyl (C=O) groups is 1. The van der Waals surface area contributed by atoms with E-state index >= 15 is 0 Å². The first-order valence-corrected chi connectivity index (χ1v) is 5.14. The Morgan fingerprint density at radius 3 is 2.56 bits per heavy atom. The molecule has 1 aliphatic rings. The molecule has 0 aromatic heterocycles. The Labute approximate surface area is 91.9 Å². The number of carboxylic acids is 1. The van der Waals surface area contributed by atoms with E-state index in [0.29, 0.717) is 6.42 Å². The molecule has 0 aliphatic heterocycles. The molecule has 4 heteroatoms. The summed E-state index contributed by atoms with van der Waals surface area (Å²) in [5.41, 5.74) is -0.900. The van der Waals surface area contributed by atoms with Gasteiger partial charge in [0, 0.05) is 6.42 Å². The van der Waals surface area contributed by atoms with Crippen LogP contribution in [0.5, 0.6) is 0 Å². The first-order chi connectivity index (χ1) is 7.44. The van der Waals surface area contributed by atoms with E-state index in [9.17, 15) is 13.6 Å². The fourth-order valence-corrected chi connectivity index (χ4v) is 2.01. The van der Waals surface area contributed by atoms with Crippen LogP contribution in [-0.4, -0.2) is 17.0 Å². The van der Waals surface area contributed by atoms with Crippen molar-refractivity contribution in [1.82, 2.24) is 0 Å². The summed E-state index contributed by atoms with van der Waals surface area (Å²) in [6.45, 7) is 1.90. The fraction of sp³-hybridized carbons (Fsp3) is 0.417. The molecule has 1 N–H and O–H groups in total. The first kappa shape index (κ1) is 11.0. The molecule has 2 rings (SSSR count). The number of aliphatic carboxylic acids is 1. The van der Waals surface area contributed by atoms with Gasteiger partial charge in [0.05, 0.1) is 0 Å². The molecule has 16 heavy (non-hydrogen) atoms. The lowest BCUT2D eigenvalue weighted by Gasteiger charge is -2.12. The molecule has 0 saturated heterocycles. The number of alkyl halides is 2. The minimum atomic E-state index is -3.12. The zero-order valence-electron chi connectivity index (χ0n) is 8.84. The molecule has 0 spiro atoms. The number of carboxylic acid groups (broad SMARTS) is 1. The van der Waals surface area contributed by atoms with Crippen molar-refractivity contribution in [3.05, 3.63) is 35.4 Å². The molecule has 1 saturated carbocycles. The summed E-state index contributed by atoms with van der Waals surface area (Å²) in [5.74, 6) is -4.56. The van der Waals surface area contributed by atoms with Crippen molar-refractivity contribution < 1.29 is 18.7 Å². The van der Waals surface area contributed by atoms with Crippen molar-refractivity contribution >= 4 is 5.97 Å². The average Bonchev–Trinajstić information content (AvgIpc) is 2.83. The van der Waals surface area contributed by atoms with E-state index in [1.165, 1.54) is 6.07 Å². The molecule has 0 bridgehead atoms. The lowest BCUT2D eigenvalue weighted by Crippen LogP contribution is -2.27. The Kier molecular flexibility index (Phi) is 2.26. The highest BCUT2D eigenvalue weighted by Crippen LogP contribution is 2.61. The van der Waals surface area contributed by atoms with Crippen LogP contribution in [-0.2, 0) is 16.6 Å². The molecule has 0 amide bonds. The second kappa shape index (κ2) is 3.27. The molecule has 0 heterocycles. The number of halogens is 2. The third-order valence-corrected chi connectivity index (χ3v) is 3.18. The maximum atomic E-state index is 13.2. The van der Waals surface area contributed by atoms with E-state index in [2.05, 4.69) is 0 Å². The van der Waals surface area contributed by atoms with Gasteiger partial charge in [-0.15, -0.1) is 0 Å². The van der Waals surface area contributed by atoms with Crippen molar-refractivity contribution in [3.63, 3.8) is 0 Å². The summed E-state index contributed by atoms with van der Waals surface area (Å²) in [4.78, 5) is 11.0. The van der Waals surface area contributed by atoms with E-state index in [1.807, 2.05) is 6.92 Å². The Hall–Kier alpha value is -1.45. The number of rotatable bonds is 3. The van der Waals surface area contributed by atoms with Crippen molar-refractivity contribution in [2.75, 3.05) is 0 Å². The predicted molar refractivity (Wildman–Crippen MR) is 54.7 cm³/mol. The largest absolute Gasteiger partial charge is 0.480 e. The van der Waals surface area contributed by atoms with Crippen LogP contribution < -0.4 is 0 Å². The number of benzene rings is 1. The van der Waals surface area contributed by atoms with Gasteiger partial charge in [-0.3, -0.25) is 4.79 Å². The van der Waals surface area contributed by atoms with E-state index in [0.717, 1.165) is 5.56 Å². The predicted octanol–water partition coefficient (Wildman–Crippen LogP) is 2.61. The third-order valence-electron chi connectivity index (χ3n) is 3.18. The molecular formula is C12H12F2O2. The zero-order valence-corrected chi connectivity index (χ0v) is 8.84. The maximum Gasteiger partial charge on any atom is 0.320 e. The van der Waals surface area contributed by atoms with Gasteiger partial charge in [-0.1, -0.05) is 31.2 Å². The molecule has 1 aromatic rings. The smallest absolute Gasteiger partial charge is 0.320 e. The Morgan fingerprint density at radius 2 is 2.12 bits per heavy atom. The van der Waals surface area contributed by atoms with Crippen LogP contribution in [0.4, 0.5) is 8.78 Å². The summed E-state index contributed by atoms with van der Waals surface area (Å²) < 4.78 is 26.5. The van der Waals surface area contributed by atoms with Crippen LogP contribution in [0.3, 0.4) is 0 Å². The minimum absolute atomic E-state index is 0.212. The molecule has 1 aromatic carbocycles. The topological polar surface area (TPSA) is 37.3 Å². The van der Waals surface area contributed by atoms with Gasteiger partial charge in [0.2, 0.25) is 0 Å². The normalized spacial score (nSPS) is 26.4. The summed E-state index contributed by atoms with van der Waals surface area (Å²) >= 11 is 0. The molecule has 1 unspecified atom stereocenters. The SMILES string of the molecule is CCc1cccc(C2(C(=O)O)CC2(F)F)c1. The summed E-state index contributed by atoms with van der Waals surface area (Å²) in [5, 5.41) is 8.98. The second-order valence-corrected chi connectivity index (χ2v) is 4.15. The third kappa shape index (κ3) is 1.32. The van der Waals surface area contributed by atoms with Crippen molar-refractivity contribution in [3.8, 4) is 0 Å². The quantitative estimate of drug-likeness (QED) is 0.860.